The summed E-state index contributed by atoms with van der Waals surface area (Å²) in [7, 11) is -33.2. The zero-order valence-electron chi connectivity index (χ0n) is 87.5. The fourth-order valence-corrected chi connectivity index (χ4v) is 17.7. The zero-order valence-corrected chi connectivity index (χ0v) is 72.7. The Morgan fingerprint density at radius 3 is 0.685 bits per heavy atom. The third-order valence-corrected chi connectivity index (χ3v) is 22.6. The van der Waals surface area contributed by atoms with Crippen molar-refractivity contribution in [3.63, 3.8) is 0 Å². The molecule has 0 fully saturated rings. The summed E-state index contributed by atoms with van der Waals surface area (Å²) in [5.41, 5.74) is -3.92. The molecule has 4 aliphatic rings. The summed E-state index contributed by atoms with van der Waals surface area (Å²) in [4.78, 5) is 155. The highest BCUT2D eigenvalue weighted by Gasteiger charge is 2.49. The van der Waals surface area contributed by atoms with Gasteiger partial charge in [-0.05, 0) is 133 Å². The normalized spacial score (nSPS) is 16.8. The molecule has 0 bridgehead atoms. The number of methoxy groups -OCH3 is 6. The van der Waals surface area contributed by atoms with Crippen LogP contribution >= 0.6 is 0 Å². The van der Waals surface area contributed by atoms with Crippen molar-refractivity contribution >= 4 is 133 Å². The summed E-state index contributed by atoms with van der Waals surface area (Å²) in [5.74, 6) is -20.1. The van der Waals surface area contributed by atoms with Crippen LogP contribution in [0.5, 0.6) is 46.0 Å². The Kier molecular flexibility index (Phi) is 23.8. The molecule has 0 radical (unpaired) electrons. The lowest BCUT2D eigenvalue weighted by Crippen LogP contribution is -2.37. The highest BCUT2D eigenvalue weighted by Crippen LogP contribution is 2.45. The summed E-state index contributed by atoms with van der Waals surface area (Å²) >= 11 is 0. The summed E-state index contributed by atoms with van der Waals surface area (Å²) in [6.45, 7) is 7.93. The van der Waals surface area contributed by atoms with E-state index in [4.69, 9.17) is 62.6 Å². The fraction of sp³-hybridized carbons (Fsp3) is 0.302. The number of hydrogen-bond acceptors (Lipinski definition) is 28. The first-order valence-corrected chi connectivity index (χ1v) is 45.6. The van der Waals surface area contributed by atoms with E-state index < -0.39 is 257 Å². The van der Waals surface area contributed by atoms with Crippen molar-refractivity contribution in [2.45, 2.75) is 65.7 Å². The van der Waals surface area contributed by atoms with E-state index in [1.54, 1.807) is 13.8 Å². The second-order valence-corrected chi connectivity index (χ2v) is 37.6. The van der Waals surface area contributed by atoms with Gasteiger partial charge >= 0.3 is 0 Å². The van der Waals surface area contributed by atoms with Gasteiger partial charge in [0.2, 0.25) is 23.6 Å². The molecule has 4 atom stereocenters. The number of nitrogens with one attached hydrogen (secondary N) is 4. The molecule has 8 aromatic rings. The van der Waals surface area contributed by atoms with Crippen LogP contribution in [-0.2, 0) is 58.5 Å². The van der Waals surface area contributed by atoms with Gasteiger partial charge in [-0.1, -0.05) is 24.3 Å². The minimum Gasteiger partial charge on any atom is -0.493 e. The van der Waals surface area contributed by atoms with Gasteiger partial charge < -0.3 is 59.2 Å². The Balaban J connectivity index is 0.000000219. The van der Waals surface area contributed by atoms with E-state index in [-0.39, 0.29) is 115 Å². The molecule has 692 valence electrons. The quantitative estimate of drug-likeness (QED) is 0.0240. The molecule has 4 heterocycles. The van der Waals surface area contributed by atoms with Crippen LogP contribution in [0, 0.1) is 23.3 Å². The maximum atomic E-state index is 14.2. The molecule has 4 N–H and O–H groups in total. The van der Waals surface area contributed by atoms with E-state index in [1.807, 2.05) is 0 Å². The number of sulfone groups is 4. The van der Waals surface area contributed by atoms with Crippen LogP contribution in [0.1, 0.15) is 196 Å². The first-order chi connectivity index (χ1) is 67.7. The van der Waals surface area contributed by atoms with Crippen LogP contribution in [0.3, 0.4) is 0 Å². The van der Waals surface area contributed by atoms with Gasteiger partial charge in [0, 0.05) is 52.7 Å². The van der Waals surface area contributed by atoms with Crippen LogP contribution < -0.4 is 59.2 Å². The molecule has 4 aliphatic heterocycles. The van der Waals surface area contributed by atoms with E-state index in [0.29, 0.717) is 19.6 Å². The number of carbonyl (C=O) groups excluding carboxylic acids is 12. The molecule has 0 unspecified atom stereocenters. The Hall–Kier alpha value is -13.9. The molecule has 12 rings (SSSR count). The maximum Gasteiger partial charge on any atom is 0.264 e. The van der Waals surface area contributed by atoms with E-state index >= 15 is 0 Å². The highest BCUT2D eigenvalue weighted by atomic mass is 32.2. The summed E-state index contributed by atoms with van der Waals surface area (Å²) in [6.07, 6.45) is 3.48. The topological polar surface area (TPSA) is 476 Å². The van der Waals surface area contributed by atoms with Crippen molar-refractivity contribution < 1.29 is 171 Å². The largest absolute Gasteiger partial charge is 0.493 e. The smallest absolute Gasteiger partial charge is 0.264 e. The van der Waals surface area contributed by atoms with Gasteiger partial charge in [0.25, 0.3) is 47.3 Å². The average Bonchev–Trinajstić information content (AvgIpc) is 1.61. The predicted molar refractivity (Wildman–Crippen MR) is 462 cm³/mol. The number of rotatable bonds is 30. The number of fused-ring (bicyclic) bond motifs is 4. The molecular formula is C86H88F4N8O28S4. The third-order valence-electron chi connectivity index (χ3n) is 18.9. The van der Waals surface area contributed by atoms with Gasteiger partial charge in [0.05, 0.1) is 195 Å². The Morgan fingerprint density at radius 2 is 0.500 bits per heavy atom. The molecule has 8 aromatic carbocycles. The Labute approximate surface area is 768 Å². The Morgan fingerprint density at radius 1 is 0.308 bits per heavy atom. The second-order valence-electron chi connectivity index (χ2n) is 28.9. The number of hydrogen-bond donors (Lipinski definition) is 4. The predicted octanol–water partition coefficient (Wildman–Crippen LogP) is 9.51. The van der Waals surface area contributed by atoms with Crippen LogP contribution in [0.2, 0.25) is 0 Å². The minimum atomic E-state index is -3.93. The van der Waals surface area contributed by atoms with E-state index in [1.165, 1.54) is 36.4 Å². The molecule has 0 spiro atoms. The molecular weight excluding hydrogens is 1800 g/mol. The lowest BCUT2D eigenvalue weighted by Gasteiger charge is -2.27. The number of imide groups is 4. The molecule has 0 aliphatic carbocycles. The summed E-state index contributed by atoms with van der Waals surface area (Å²) in [6, 6.07) is 14.3. The van der Waals surface area contributed by atoms with Crippen molar-refractivity contribution in [2.75, 3.05) is 125 Å². The zero-order chi connectivity index (χ0) is 112. The van der Waals surface area contributed by atoms with Crippen LogP contribution in [0.4, 0.5) is 40.3 Å². The Bertz CT molecular complexity index is 6810. The summed E-state index contributed by atoms with van der Waals surface area (Å²) in [5, 5.41) is 9.14. The number of carbonyl (C=O) groups is 12. The average molecular weight is 1900 g/mol. The van der Waals surface area contributed by atoms with Crippen molar-refractivity contribution in [1.82, 2.24) is 19.6 Å². The number of halogens is 4. The lowest BCUT2D eigenvalue weighted by molar-refractivity contribution is -0.115. The fourth-order valence-electron chi connectivity index (χ4n) is 14.1. The van der Waals surface area contributed by atoms with E-state index in [0.717, 1.165) is 138 Å². The standard InChI is InChI=1S/2C22H23FN2O7S.2C21H21FN2O7S/c2*1-5-32-19-8-13(6-7-18(19)31-3)17(11-33(4,29)30)25-21(27)15-9-14(23)10-16(24-12(2)26)20(15)22(25)28;2*1-11(25)23-15-9-13(22)8-14-19(15)21(27)24(20(14)26)16(10-32(4,28)29)12-5-6-17(30-2)18(7-12)31-3/h2*6-10,17H,5,11H2,1-4H3,(H,24,26);2*5-9,16H,10H2,1-4H3,(H,23,25)/t2*17-;2*16-/m1010/s1/i2*3D3;2*2D3,3D3. The monoisotopic (exact) mass is 1900 g/mol. The van der Waals surface area contributed by atoms with Gasteiger partial charge in [-0.15, -0.1) is 0 Å². The van der Waals surface area contributed by atoms with E-state index in [2.05, 4.69) is 21.3 Å². The number of anilines is 4. The van der Waals surface area contributed by atoms with Crippen LogP contribution in [-0.4, -0.2) is 228 Å². The van der Waals surface area contributed by atoms with Crippen molar-refractivity contribution in [3.8, 4) is 46.0 Å². The van der Waals surface area contributed by atoms with Gasteiger partial charge in [0.15, 0.2) is 46.0 Å². The molecule has 12 amide bonds. The molecule has 0 saturated carbocycles. The van der Waals surface area contributed by atoms with Crippen molar-refractivity contribution in [3.05, 3.63) is 211 Å². The van der Waals surface area contributed by atoms with Gasteiger partial charge in [-0.3, -0.25) is 77.1 Å². The number of nitrogens with zero attached hydrogens (tertiary/aromatic N) is 4. The van der Waals surface area contributed by atoms with Gasteiger partial charge in [-0.25, -0.2) is 51.2 Å². The molecule has 130 heavy (non-hydrogen) atoms. The molecule has 36 nitrogen and oxygen atoms in total. The number of ether oxygens (including phenoxy) is 8. The number of benzene rings is 8. The van der Waals surface area contributed by atoms with Crippen LogP contribution in [0.15, 0.2) is 121 Å². The minimum absolute atomic E-state index is 0.0498. The van der Waals surface area contributed by atoms with Crippen molar-refractivity contribution in [2.24, 2.45) is 0 Å². The van der Waals surface area contributed by atoms with Gasteiger partial charge in [0.1, 0.15) is 62.6 Å². The third kappa shape index (κ3) is 23.0. The SMILES string of the molecule is [2H]C([2H])([2H])Oc1ccc([C@@H](CS(C)(=O)=O)N2C(=O)c3cc(F)cc(NC(C)=O)c3C2=O)cc1OC([2H])([2H])[2H].[2H]C([2H])([2H])Oc1ccc([C@@H](CS(C)(=O)=O)N2C(=O)c3cc(F)cc(NC(C)=O)c3C2=O)cc1OCC.[2H]C([2H])([2H])Oc1ccc([C@H](CS(C)(=O)=O)N2C(=O)c3cc(F)cc(NC(C)=O)c3C2=O)cc1OC([2H])([2H])[2H].[2H]C([2H])([2H])Oc1ccc([C@H](CS(C)(=O)=O)N2C(=O)c3cc(F)cc(NC(C)=O)c3C2=O)cc1OCC. The maximum absolute atomic E-state index is 14.2. The lowest BCUT2D eigenvalue weighted by atomic mass is 10.1. The molecule has 0 saturated heterocycles. The number of amides is 12. The first-order valence-electron chi connectivity index (χ1n) is 46.4. The van der Waals surface area contributed by atoms with E-state index in [9.17, 15) is 109 Å². The summed E-state index contributed by atoms with van der Waals surface area (Å²) < 4.78 is 327. The van der Waals surface area contributed by atoms with Gasteiger partial charge in [-0.2, -0.15) is 0 Å². The molecule has 0 aromatic heterocycles. The van der Waals surface area contributed by atoms with Crippen LogP contribution in [0.25, 0.3) is 0 Å². The van der Waals surface area contributed by atoms with Crippen molar-refractivity contribution in [1.29, 1.82) is 0 Å². The second kappa shape index (κ2) is 40.6. The first kappa shape index (κ1) is 76.2. The highest BCUT2D eigenvalue weighted by molar-refractivity contribution is 7.91. The molecule has 44 heteroatoms.